The maximum atomic E-state index is 12.3. The number of hydrogen-bond donors (Lipinski definition) is 0. The molecule has 0 N–H and O–H groups in total. The maximum Gasteiger partial charge on any atom is 0.203 e. The normalized spacial score (nSPS) is 10.5. The van der Waals surface area contributed by atoms with Crippen LogP contribution in [0.2, 0.25) is 0 Å². The summed E-state index contributed by atoms with van der Waals surface area (Å²) in [5.74, 6) is -0.284. The van der Waals surface area contributed by atoms with Gasteiger partial charge in [-0.2, -0.15) is 10.5 Å². The monoisotopic (exact) mass is 315 g/mol. The Hall–Kier alpha value is -3.37. The molecule has 2 rings (SSSR count). The zero-order valence-corrected chi connectivity index (χ0v) is 13.4. The van der Waals surface area contributed by atoms with Crippen LogP contribution in [-0.2, 0) is 0 Å². The van der Waals surface area contributed by atoms with Gasteiger partial charge in [0.2, 0.25) is 5.78 Å². The molecule has 0 aromatic heterocycles. The Kier molecular flexibility index (Phi) is 5.88. The van der Waals surface area contributed by atoms with Gasteiger partial charge in [-0.1, -0.05) is 42.5 Å². The molecule has 0 saturated carbocycles. The van der Waals surface area contributed by atoms with Crippen LogP contribution in [0, 0.1) is 22.7 Å². The van der Waals surface area contributed by atoms with E-state index in [2.05, 4.69) is 6.07 Å². The van der Waals surface area contributed by atoms with Crippen molar-refractivity contribution in [1.82, 2.24) is 0 Å². The second-order valence-corrected chi connectivity index (χ2v) is 5.29. The van der Waals surface area contributed by atoms with Gasteiger partial charge in [-0.15, -0.1) is 0 Å². The zero-order valence-electron chi connectivity index (χ0n) is 13.4. The Bertz CT molecular complexity index is 809. The predicted molar refractivity (Wildman–Crippen MR) is 94.3 cm³/mol. The number of Topliss-reactive ketones (excluding diaryl/α,β-unsaturated/α-hetero) is 1. The molecule has 0 fully saturated rings. The number of nitrogens with zero attached hydrogens (tertiary/aromatic N) is 3. The SMILES string of the molecule is CN(CCC#N)c1ccc(/C=C(\C#N)C(=O)c2ccccc2)cc1. The van der Waals surface area contributed by atoms with E-state index in [-0.39, 0.29) is 11.4 Å². The van der Waals surface area contributed by atoms with Gasteiger partial charge in [0.25, 0.3) is 0 Å². The van der Waals surface area contributed by atoms with E-state index < -0.39 is 0 Å². The van der Waals surface area contributed by atoms with Crippen molar-refractivity contribution in [2.24, 2.45) is 0 Å². The van der Waals surface area contributed by atoms with Crippen molar-refractivity contribution in [2.75, 3.05) is 18.5 Å². The number of carbonyl (C=O) groups is 1. The molecule has 0 aliphatic rings. The van der Waals surface area contributed by atoms with Crippen LogP contribution < -0.4 is 4.90 Å². The molecule has 4 heteroatoms. The number of rotatable bonds is 6. The van der Waals surface area contributed by atoms with Gasteiger partial charge in [-0.05, 0) is 23.8 Å². The van der Waals surface area contributed by atoms with Gasteiger partial charge in [0.15, 0.2) is 0 Å². The second kappa shape index (κ2) is 8.31. The fourth-order valence-electron chi connectivity index (χ4n) is 2.23. The van der Waals surface area contributed by atoms with E-state index >= 15 is 0 Å². The van der Waals surface area contributed by atoms with Crippen molar-refractivity contribution in [3.63, 3.8) is 0 Å². The molecule has 2 aromatic carbocycles. The van der Waals surface area contributed by atoms with E-state index in [1.807, 2.05) is 48.3 Å². The molecule has 118 valence electrons. The first-order valence-electron chi connectivity index (χ1n) is 7.55. The molecule has 0 aliphatic carbocycles. The quantitative estimate of drug-likeness (QED) is 0.461. The van der Waals surface area contributed by atoms with Crippen LogP contribution in [0.15, 0.2) is 60.2 Å². The number of ketones is 1. The molecule has 0 radical (unpaired) electrons. The summed E-state index contributed by atoms with van der Waals surface area (Å²) in [6, 6.07) is 20.4. The topological polar surface area (TPSA) is 67.9 Å². The smallest absolute Gasteiger partial charge is 0.203 e. The molecule has 0 heterocycles. The van der Waals surface area contributed by atoms with Crippen LogP contribution in [0.5, 0.6) is 0 Å². The van der Waals surface area contributed by atoms with Crippen LogP contribution in [0.3, 0.4) is 0 Å². The van der Waals surface area contributed by atoms with Crippen LogP contribution in [-0.4, -0.2) is 19.4 Å². The number of benzene rings is 2. The summed E-state index contributed by atoms with van der Waals surface area (Å²) in [7, 11) is 1.92. The fourth-order valence-corrected chi connectivity index (χ4v) is 2.23. The molecule has 0 spiro atoms. The number of hydrogen-bond acceptors (Lipinski definition) is 4. The summed E-state index contributed by atoms with van der Waals surface area (Å²) in [6.45, 7) is 0.654. The minimum Gasteiger partial charge on any atom is -0.374 e. The van der Waals surface area contributed by atoms with Gasteiger partial charge >= 0.3 is 0 Å². The van der Waals surface area contributed by atoms with Gasteiger partial charge in [0.1, 0.15) is 11.6 Å². The van der Waals surface area contributed by atoms with E-state index in [1.54, 1.807) is 30.3 Å². The molecule has 0 saturated heterocycles. The van der Waals surface area contributed by atoms with Gasteiger partial charge in [-0.3, -0.25) is 4.79 Å². The standard InChI is InChI=1S/C20H17N3O/c1-23(13-5-12-21)19-10-8-16(9-11-19)14-18(15-22)20(24)17-6-3-2-4-7-17/h2-4,6-11,14H,5,13H2,1H3/b18-14+. The van der Waals surface area contributed by atoms with Crippen molar-refractivity contribution in [2.45, 2.75) is 6.42 Å². The number of anilines is 1. The summed E-state index contributed by atoms with van der Waals surface area (Å²) in [6.07, 6.45) is 2.05. The van der Waals surface area contributed by atoms with Gasteiger partial charge in [0.05, 0.1) is 12.5 Å². The van der Waals surface area contributed by atoms with Gasteiger partial charge in [-0.25, -0.2) is 0 Å². The van der Waals surface area contributed by atoms with Crippen molar-refractivity contribution < 1.29 is 4.79 Å². The molecular weight excluding hydrogens is 298 g/mol. The second-order valence-electron chi connectivity index (χ2n) is 5.29. The third-order valence-electron chi connectivity index (χ3n) is 3.60. The molecule has 0 bridgehead atoms. The highest BCUT2D eigenvalue weighted by molar-refractivity contribution is 6.14. The van der Waals surface area contributed by atoms with Crippen molar-refractivity contribution in [1.29, 1.82) is 10.5 Å². The first-order valence-corrected chi connectivity index (χ1v) is 7.55. The summed E-state index contributed by atoms with van der Waals surface area (Å²) < 4.78 is 0. The highest BCUT2D eigenvalue weighted by atomic mass is 16.1. The highest BCUT2D eigenvalue weighted by Crippen LogP contribution is 2.17. The Morgan fingerprint density at radius 2 is 1.75 bits per heavy atom. The maximum absolute atomic E-state index is 12.3. The molecular formula is C20H17N3O. The number of nitriles is 2. The van der Waals surface area contributed by atoms with E-state index in [4.69, 9.17) is 5.26 Å². The van der Waals surface area contributed by atoms with Crippen LogP contribution >= 0.6 is 0 Å². The summed E-state index contributed by atoms with van der Waals surface area (Å²) >= 11 is 0. The van der Waals surface area contributed by atoms with Crippen LogP contribution in [0.1, 0.15) is 22.3 Å². The largest absolute Gasteiger partial charge is 0.374 e. The first-order chi connectivity index (χ1) is 11.7. The summed E-state index contributed by atoms with van der Waals surface area (Å²) in [5, 5.41) is 17.9. The Balaban J connectivity index is 2.19. The summed E-state index contributed by atoms with van der Waals surface area (Å²) in [5.41, 5.74) is 2.37. The molecule has 0 aliphatic heterocycles. The van der Waals surface area contributed by atoms with E-state index in [0.717, 1.165) is 11.3 Å². The minimum atomic E-state index is -0.284. The van der Waals surface area contributed by atoms with E-state index in [1.165, 1.54) is 0 Å². The zero-order chi connectivity index (χ0) is 17.4. The lowest BCUT2D eigenvalue weighted by molar-refractivity contribution is 0.104. The lowest BCUT2D eigenvalue weighted by Crippen LogP contribution is -2.17. The average Bonchev–Trinajstić information content (AvgIpc) is 2.64. The Labute approximate surface area is 141 Å². The molecule has 2 aromatic rings. The van der Waals surface area contributed by atoms with Crippen LogP contribution in [0.25, 0.3) is 6.08 Å². The minimum absolute atomic E-state index is 0.104. The van der Waals surface area contributed by atoms with E-state index in [0.29, 0.717) is 18.5 Å². The number of carbonyl (C=O) groups excluding carboxylic acids is 1. The molecule has 0 atom stereocenters. The average molecular weight is 315 g/mol. The van der Waals surface area contributed by atoms with Gasteiger partial charge in [0, 0.05) is 24.8 Å². The lowest BCUT2D eigenvalue weighted by Gasteiger charge is -2.17. The van der Waals surface area contributed by atoms with Crippen molar-refractivity contribution in [3.05, 3.63) is 71.3 Å². The Morgan fingerprint density at radius 3 is 2.33 bits per heavy atom. The number of allylic oxidation sites excluding steroid dienone is 1. The highest BCUT2D eigenvalue weighted by Gasteiger charge is 2.11. The fraction of sp³-hybridized carbons (Fsp3) is 0.150. The summed E-state index contributed by atoms with van der Waals surface area (Å²) in [4.78, 5) is 14.3. The predicted octanol–water partition coefficient (Wildman–Crippen LogP) is 3.83. The van der Waals surface area contributed by atoms with Crippen molar-refractivity contribution >= 4 is 17.5 Å². The molecule has 0 amide bonds. The Morgan fingerprint density at radius 1 is 1.08 bits per heavy atom. The van der Waals surface area contributed by atoms with Crippen LogP contribution in [0.4, 0.5) is 5.69 Å². The molecule has 4 nitrogen and oxygen atoms in total. The van der Waals surface area contributed by atoms with E-state index in [9.17, 15) is 10.1 Å². The van der Waals surface area contributed by atoms with Gasteiger partial charge < -0.3 is 4.90 Å². The van der Waals surface area contributed by atoms with Crippen molar-refractivity contribution in [3.8, 4) is 12.1 Å². The third-order valence-corrected chi connectivity index (χ3v) is 3.60. The molecule has 0 unspecified atom stereocenters. The lowest BCUT2D eigenvalue weighted by atomic mass is 10.0. The first kappa shape index (κ1) is 17.0. The third kappa shape index (κ3) is 4.32. The molecule has 24 heavy (non-hydrogen) atoms.